The molecule has 10 nitrogen and oxygen atoms in total. The average molecular weight is 686 g/mol. The van der Waals surface area contributed by atoms with Gasteiger partial charge in [0.1, 0.15) is 13.2 Å². The maximum Gasteiger partial charge on any atom is 0.220 e. The summed E-state index contributed by atoms with van der Waals surface area (Å²) in [5.74, 6) is 1.37. The van der Waals surface area contributed by atoms with Crippen molar-refractivity contribution in [3.05, 3.63) is 81.8 Å². The SMILES string of the molecule is O=C1CC[C@@H](CN[C@@H]2COc3nc(-c4cccc(-c5cccc(-c6ccc7c(n6)OC[C@H]7NC[C@@H]6CCC(=O)N6)c5Cl)c4Cl)ccc32)N1. The second-order valence-electron chi connectivity index (χ2n) is 12.7. The van der Waals surface area contributed by atoms with Crippen LogP contribution < -0.4 is 30.7 Å². The smallest absolute Gasteiger partial charge is 0.220 e. The van der Waals surface area contributed by atoms with Crippen LogP contribution in [0.4, 0.5) is 0 Å². The molecule has 2 fully saturated rings. The molecule has 2 aromatic carbocycles. The molecule has 4 aromatic rings. The zero-order chi connectivity index (χ0) is 32.8. The summed E-state index contributed by atoms with van der Waals surface area (Å²) >= 11 is 14.2. The van der Waals surface area contributed by atoms with Crippen LogP contribution in [0.5, 0.6) is 11.8 Å². The lowest BCUT2D eigenvalue weighted by Gasteiger charge is -2.16. The first-order valence-corrected chi connectivity index (χ1v) is 17.1. The summed E-state index contributed by atoms with van der Waals surface area (Å²) in [4.78, 5) is 32.8. The zero-order valence-electron chi connectivity index (χ0n) is 26.0. The van der Waals surface area contributed by atoms with Gasteiger partial charge in [-0.2, -0.15) is 0 Å². The maximum atomic E-state index is 11.6. The Labute approximate surface area is 287 Å². The van der Waals surface area contributed by atoms with Crippen molar-refractivity contribution in [3.8, 4) is 45.4 Å². The lowest BCUT2D eigenvalue weighted by Crippen LogP contribution is -2.37. The first-order chi connectivity index (χ1) is 23.4. The van der Waals surface area contributed by atoms with E-state index in [0.717, 1.165) is 46.2 Å². The normalized spacial score (nSPS) is 22.5. The van der Waals surface area contributed by atoms with E-state index < -0.39 is 0 Å². The summed E-state index contributed by atoms with van der Waals surface area (Å²) in [5.41, 5.74) is 6.48. The van der Waals surface area contributed by atoms with Crippen molar-refractivity contribution in [1.29, 1.82) is 0 Å². The quantitative estimate of drug-likeness (QED) is 0.185. The molecule has 8 rings (SSSR count). The molecule has 2 saturated heterocycles. The molecular weight excluding hydrogens is 651 g/mol. The van der Waals surface area contributed by atoms with E-state index in [2.05, 4.69) is 21.3 Å². The molecule has 0 unspecified atom stereocenters. The first-order valence-electron chi connectivity index (χ1n) is 16.3. The topological polar surface area (TPSA) is 126 Å². The fourth-order valence-electron chi connectivity index (χ4n) is 6.91. The van der Waals surface area contributed by atoms with Crippen LogP contribution in [-0.4, -0.2) is 60.2 Å². The van der Waals surface area contributed by atoms with Gasteiger partial charge in [0.25, 0.3) is 0 Å². The molecule has 4 N–H and O–H groups in total. The second kappa shape index (κ2) is 13.0. The summed E-state index contributed by atoms with van der Waals surface area (Å²) in [5, 5.41) is 14.1. The standard InChI is InChI=1S/C36H34Cl2N6O4/c37-33-21(3-1-5-23(33)27-11-9-25-29(17-47-35(25)43-27)39-15-19-7-13-31(45)41-19)22-4-2-6-24(34(22)38)28-12-10-26-30(18-48-36(26)44-28)40-16-20-8-14-32(46)42-20/h1-6,9-12,19-20,29-30,39-40H,7-8,13-18H2,(H,41,45)(H,42,46)/t19-,20-,29+,30+/m0/s1. The van der Waals surface area contributed by atoms with Crippen molar-refractivity contribution < 1.29 is 19.1 Å². The summed E-state index contributed by atoms with van der Waals surface area (Å²) in [6, 6.07) is 19.9. The van der Waals surface area contributed by atoms with Crippen LogP contribution in [0, 0.1) is 0 Å². The minimum atomic E-state index is 0.00366. The number of amides is 2. The molecule has 6 heterocycles. The first kappa shape index (κ1) is 31.1. The molecule has 4 aliphatic rings. The number of ether oxygens (including phenoxy) is 2. The molecule has 4 aliphatic heterocycles. The predicted molar refractivity (Wildman–Crippen MR) is 183 cm³/mol. The Morgan fingerprint density at radius 3 is 1.50 bits per heavy atom. The lowest BCUT2D eigenvalue weighted by atomic mass is 9.97. The molecule has 4 atom stereocenters. The third-order valence-corrected chi connectivity index (χ3v) is 10.3. The summed E-state index contributed by atoms with van der Waals surface area (Å²) in [6.07, 6.45) is 2.83. The van der Waals surface area contributed by atoms with E-state index >= 15 is 0 Å². The predicted octanol–water partition coefficient (Wildman–Crippen LogP) is 5.39. The van der Waals surface area contributed by atoms with E-state index in [-0.39, 0.29) is 36.0 Å². The molecule has 0 radical (unpaired) electrons. The maximum absolute atomic E-state index is 11.6. The largest absolute Gasteiger partial charge is 0.475 e. The summed E-state index contributed by atoms with van der Waals surface area (Å²) in [6.45, 7) is 2.31. The Balaban J connectivity index is 1.01. The van der Waals surface area contributed by atoms with Crippen molar-refractivity contribution in [2.75, 3.05) is 26.3 Å². The van der Waals surface area contributed by atoms with E-state index in [4.69, 9.17) is 42.6 Å². The molecule has 0 spiro atoms. The monoisotopic (exact) mass is 684 g/mol. The van der Waals surface area contributed by atoms with Crippen molar-refractivity contribution in [3.63, 3.8) is 0 Å². The number of hydrogen-bond acceptors (Lipinski definition) is 8. The van der Waals surface area contributed by atoms with Gasteiger partial charge in [-0.3, -0.25) is 9.59 Å². The van der Waals surface area contributed by atoms with Gasteiger partial charge in [0.05, 0.1) is 33.5 Å². The molecule has 246 valence electrons. The van der Waals surface area contributed by atoms with Crippen LogP contribution in [0.25, 0.3) is 33.6 Å². The highest BCUT2D eigenvalue weighted by Crippen LogP contribution is 2.43. The fourth-order valence-corrected chi connectivity index (χ4v) is 7.56. The van der Waals surface area contributed by atoms with Gasteiger partial charge in [-0.1, -0.05) is 59.6 Å². The van der Waals surface area contributed by atoms with Gasteiger partial charge in [0.15, 0.2) is 0 Å². The van der Waals surface area contributed by atoms with Crippen LogP contribution in [0.2, 0.25) is 10.0 Å². The lowest BCUT2D eigenvalue weighted by molar-refractivity contribution is -0.120. The van der Waals surface area contributed by atoms with Gasteiger partial charge < -0.3 is 30.7 Å². The third-order valence-electron chi connectivity index (χ3n) is 9.53. The van der Waals surface area contributed by atoms with Gasteiger partial charge in [-0.05, 0) is 37.1 Å². The molecule has 0 bridgehead atoms. The van der Waals surface area contributed by atoms with Crippen LogP contribution in [0.15, 0.2) is 60.7 Å². The van der Waals surface area contributed by atoms with Gasteiger partial charge in [0.2, 0.25) is 23.6 Å². The number of halogens is 2. The highest BCUT2D eigenvalue weighted by Gasteiger charge is 2.30. The average Bonchev–Trinajstić information content (AvgIpc) is 3.90. The van der Waals surface area contributed by atoms with Crippen LogP contribution >= 0.6 is 23.2 Å². The Morgan fingerprint density at radius 2 is 1.08 bits per heavy atom. The van der Waals surface area contributed by atoms with Crippen molar-refractivity contribution in [2.45, 2.75) is 49.9 Å². The number of carbonyl (C=O) groups is 2. The Morgan fingerprint density at radius 1 is 0.646 bits per heavy atom. The molecule has 0 aliphatic carbocycles. The Kier molecular flexibility index (Phi) is 8.42. The minimum Gasteiger partial charge on any atom is -0.475 e. The van der Waals surface area contributed by atoms with E-state index in [1.165, 1.54) is 0 Å². The van der Waals surface area contributed by atoms with Gasteiger partial charge in [0, 0.05) is 71.4 Å². The van der Waals surface area contributed by atoms with Gasteiger partial charge in [-0.15, -0.1) is 0 Å². The number of carbonyl (C=O) groups excluding carboxylic acids is 2. The number of benzene rings is 2. The fraction of sp³-hybridized carbons (Fsp3) is 0.333. The summed E-state index contributed by atoms with van der Waals surface area (Å²) < 4.78 is 11.9. The van der Waals surface area contributed by atoms with Crippen LogP contribution in [0.1, 0.15) is 48.9 Å². The van der Waals surface area contributed by atoms with E-state index in [1.54, 1.807) is 0 Å². The molecule has 48 heavy (non-hydrogen) atoms. The van der Waals surface area contributed by atoms with Crippen molar-refractivity contribution in [2.24, 2.45) is 0 Å². The Bertz CT molecular complexity index is 1780. The van der Waals surface area contributed by atoms with Gasteiger partial charge in [-0.25, -0.2) is 9.97 Å². The second-order valence-corrected chi connectivity index (χ2v) is 13.4. The number of rotatable bonds is 9. The molecule has 0 saturated carbocycles. The molecule has 12 heteroatoms. The van der Waals surface area contributed by atoms with E-state index in [1.807, 2.05) is 60.7 Å². The zero-order valence-corrected chi connectivity index (χ0v) is 27.5. The number of nitrogens with one attached hydrogen (secondary N) is 4. The van der Waals surface area contributed by atoms with E-state index in [9.17, 15) is 9.59 Å². The van der Waals surface area contributed by atoms with E-state index in [0.29, 0.717) is 72.3 Å². The number of pyridine rings is 2. The minimum absolute atomic E-state index is 0.00366. The highest BCUT2D eigenvalue weighted by molar-refractivity contribution is 6.39. The third kappa shape index (κ3) is 5.98. The van der Waals surface area contributed by atoms with Crippen LogP contribution in [-0.2, 0) is 9.59 Å². The van der Waals surface area contributed by atoms with Crippen molar-refractivity contribution in [1.82, 2.24) is 31.2 Å². The number of hydrogen-bond donors (Lipinski definition) is 4. The van der Waals surface area contributed by atoms with Crippen molar-refractivity contribution >= 4 is 35.0 Å². The molecular formula is C36H34Cl2N6O4. The highest BCUT2D eigenvalue weighted by atomic mass is 35.5. The Hall–Kier alpha value is -4.22. The number of nitrogens with zero attached hydrogens (tertiary/aromatic N) is 2. The van der Waals surface area contributed by atoms with Gasteiger partial charge >= 0.3 is 0 Å². The summed E-state index contributed by atoms with van der Waals surface area (Å²) in [7, 11) is 0. The van der Waals surface area contributed by atoms with Crippen LogP contribution in [0.3, 0.4) is 0 Å². The number of aromatic nitrogens is 2. The number of fused-ring (bicyclic) bond motifs is 2. The molecule has 2 aromatic heterocycles. The molecule has 2 amide bonds.